The Bertz CT molecular complexity index is 834. The van der Waals surface area contributed by atoms with E-state index in [0.29, 0.717) is 38.0 Å². The van der Waals surface area contributed by atoms with Gasteiger partial charge in [0, 0.05) is 24.4 Å². The van der Waals surface area contributed by atoms with Gasteiger partial charge in [-0.2, -0.15) is 0 Å². The summed E-state index contributed by atoms with van der Waals surface area (Å²) in [5, 5.41) is 0. The molecule has 6 nitrogen and oxygen atoms in total. The molecule has 0 aliphatic carbocycles. The van der Waals surface area contributed by atoms with Gasteiger partial charge >= 0.3 is 5.97 Å². The zero-order valence-electron chi connectivity index (χ0n) is 17.6. The number of benzene rings is 1. The molecule has 0 fully saturated rings. The van der Waals surface area contributed by atoms with E-state index in [1.807, 2.05) is 37.3 Å². The lowest BCUT2D eigenvalue weighted by atomic mass is 9.89. The molecule has 0 amide bonds. The van der Waals surface area contributed by atoms with Crippen molar-refractivity contribution in [2.45, 2.75) is 46.1 Å². The van der Waals surface area contributed by atoms with Gasteiger partial charge in [-0.15, -0.1) is 0 Å². The molecule has 0 N–H and O–H groups in total. The zero-order valence-corrected chi connectivity index (χ0v) is 17.6. The molecule has 6 heteroatoms. The van der Waals surface area contributed by atoms with Gasteiger partial charge in [-0.3, -0.25) is 19.4 Å². The van der Waals surface area contributed by atoms with Crippen LogP contribution in [0.25, 0.3) is 0 Å². The van der Waals surface area contributed by atoms with Crippen LogP contribution < -0.4 is 0 Å². The number of nitrogens with zero attached hydrogens (tertiary/aromatic N) is 1. The van der Waals surface area contributed by atoms with Crippen LogP contribution in [0, 0.1) is 12.8 Å². The second-order valence-electron chi connectivity index (χ2n) is 7.16. The summed E-state index contributed by atoms with van der Waals surface area (Å²) in [5.74, 6) is -1.59. The van der Waals surface area contributed by atoms with Crippen molar-refractivity contribution >= 4 is 17.5 Å². The Labute approximate surface area is 177 Å². The standard InChI is InChI=1S/C24H29NO5/c1-3-30-23(27)12-8-7-11-21(24(28)20-13-18(2)14-25-15-20)22(26)17-29-16-19-9-5-4-6-10-19/h4-6,9-10,13-15,21H,3,7-8,11-12,16-17H2,1-2H3. The smallest absolute Gasteiger partial charge is 0.305 e. The van der Waals surface area contributed by atoms with Gasteiger partial charge in [0.15, 0.2) is 11.6 Å². The van der Waals surface area contributed by atoms with Crippen LogP contribution in [0.2, 0.25) is 0 Å². The molecular weight excluding hydrogens is 382 g/mol. The monoisotopic (exact) mass is 411 g/mol. The third-order valence-electron chi connectivity index (χ3n) is 4.65. The van der Waals surface area contributed by atoms with E-state index >= 15 is 0 Å². The molecule has 1 unspecified atom stereocenters. The molecule has 2 rings (SSSR count). The molecule has 0 spiro atoms. The van der Waals surface area contributed by atoms with Gasteiger partial charge in [-0.25, -0.2) is 0 Å². The third-order valence-corrected chi connectivity index (χ3v) is 4.65. The van der Waals surface area contributed by atoms with E-state index in [1.165, 1.54) is 6.20 Å². The predicted molar refractivity (Wildman–Crippen MR) is 113 cm³/mol. The molecule has 1 aromatic carbocycles. The number of ether oxygens (including phenoxy) is 2. The molecule has 30 heavy (non-hydrogen) atoms. The number of hydrogen-bond acceptors (Lipinski definition) is 6. The lowest BCUT2D eigenvalue weighted by Gasteiger charge is -2.15. The quantitative estimate of drug-likeness (QED) is 0.214. The fourth-order valence-corrected chi connectivity index (χ4v) is 3.12. The molecule has 160 valence electrons. The number of ketones is 2. The van der Waals surface area contributed by atoms with Crippen LogP contribution in [0.4, 0.5) is 0 Å². The molecule has 0 radical (unpaired) electrons. The largest absolute Gasteiger partial charge is 0.466 e. The Morgan fingerprint density at radius 1 is 1.07 bits per heavy atom. The fraction of sp³-hybridized carbons (Fsp3) is 0.417. The highest BCUT2D eigenvalue weighted by Gasteiger charge is 2.27. The van der Waals surface area contributed by atoms with Gasteiger partial charge in [-0.05, 0) is 43.9 Å². The van der Waals surface area contributed by atoms with Crippen LogP contribution in [-0.4, -0.2) is 35.7 Å². The number of pyridine rings is 1. The summed E-state index contributed by atoms with van der Waals surface area (Å²) in [4.78, 5) is 41.4. The molecule has 1 heterocycles. The van der Waals surface area contributed by atoms with Gasteiger partial charge < -0.3 is 9.47 Å². The maximum absolute atomic E-state index is 13.0. The maximum atomic E-state index is 13.0. The van der Waals surface area contributed by atoms with E-state index in [-0.39, 0.29) is 30.6 Å². The van der Waals surface area contributed by atoms with E-state index in [0.717, 1.165) is 11.1 Å². The molecule has 0 saturated carbocycles. The number of aryl methyl sites for hydroxylation is 1. The topological polar surface area (TPSA) is 82.6 Å². The number of hydrogen-bond donors (Lipinski definition) is 0. The Hall–Kier alpha value is -2.86. The number of carbonyl (C=O) groups excluding carboxylic acids is 3. The fourth-order valence-electron chi connectivity index (χ4n) is 3.12. The zero-order chi connectivity index (χ0) is 21.8. The summed E-state index contributed by atoms with van der Waals surface area (Å²) < 4.78 is 10.5. The molecule has 1 atom stereocenters. The van der Waals surface area contributed by atoms with Crippen molar-refractivity contribution in [3.05, 3.63) is 65.5 Å². The summed E-state index contributed by atoms with van der Waals surface area (Å²) in [5.41, 5.74) is 2.24. The molecule has 0 saturated heterocycles. The van der Waals surface area contributed by atoms with Crippen LogP contribution in [0.3, 0.4) is 0 Å². The van der Waals surface area contributed by atoms with Crippen molar-refractivity contribution in [1.82, 2.24) is 4.98 Å². The SMILES string of the molecule is CCOC(=O)CCCCC(C(=O)COCc1ccccc1)C(=O)c1cncc(C)c1. The Morgan fingerprint density at radius 2 is 1.83 bits per heavy atom. The first kappa shape index (κ1) is 23.4. The Kier molecular flexibility index (Phi) is 9.87. The summed E-state index contributed by atoms with van der Waals surface area (Å²) in [7, 11) is 0. The first-order valence-corrected chi connectivity index (χ1v) is 10.3. The average Bonchev–Trinajstić information content (AvgIpc) is 2.74. The van der Waals surface area contributed by atoms with E-state index < -0.39 is 5.92 Å². The summed E-state index contributed by atoms with van der Waals surface area (Å²) in [6.07, 6.45) is 4.92. The maximum Gasteiger partial charge on any atom is 0.305 e. The predicted octanol–water partition coefficient (Wildman–Crippen LogP) is 4.10. The van der Waals surface area contributed by atoms with Crippen molar-refractivity contribution < 1.29 is 23.9 Å². The van der Waals surface area contributed by atoms with E-state index in [2.05, 4.69) is 4.98 Å². The number of esters is 1. The lowest BCUT2D eigenvalue weighted by Crippen LogP contribution is -2.28. The number of Topliss-reactive ketones (excluding diaryl/α,β-unsaturated/α-hetero) is 2. The highest BCUT2D eigenvalue weighted by molar-refractivity contribution is 6.10. The number of unbranched alkanes of at least 4 members (excludes halogenated alkanes) is 1. The van der Waals surface area contributed by atoms with Crippen molar-refractivity contribution in [2.75, 3.05) is 13.2 Å². The van der Waals surface area contributed by atoms with Crippen LogP contribution in [0.15, 0.2) is 48.8 Å². The second-order valence-corrected chi connectivity index (χ2v) is 7.16. The normalized spacial score (nSPS) is 11.7. The number of carbonyl (C=O) groups is 3. The van der Waals surface area contributed by atoms with Crippen molar-refractivity contribution in [3.63, 3.8) is 0 Å². The average molecular weight is 411 g/mol. The summed E-state index contributed by atoms with van der Waals surface area (Å²) in [6.45, 7) is 4.13. The minimum atomic E-state index is -0.813. The second kappa shape index (κ2) is 12.6. The minimum absolute atomic E-state index is 0.136. The van der Waals surface area contributed by atoms with Crippen molar-refractivity contribution in [1.29, 1.82) is 0 Å². The first-order valence-electron chi connectivity index (χ1n) is 10.3. The van der Waals surface area contributed by atoms with Crippen molar-refractivity contribution in [2.24, 2.45) is 5.92 Å². The highest BCUT2D eigenvalue weighted by Crippen LogP contribution is 2.19. The van der Waals surface area contributed by atoms with Gasteiger partial charge in [-0.1, -0.05) is 36.8 Å². The number of aromatic nitrogens is 1. The first-order chi connectivity index (χ1) is 14.5. The molecule has 1 aromatic heterocycles. The minimum Gasteiger partial charge on any atom is -0.466 e. The van der Waals surface area contributed by atoms with Crippen LogP contribution in [0.1, 0.15) is 54.1 Å². The van der Waals surface area contributed by atoms with Gasteiger partial charge in [0.2, 0.25) is 0 Å². The van der Waals surface area contributed by atoms with E-state index in [9.17, 15) is 14.4 Å². The van der Waals surface area contributed by atoms with Gasteiger partial charge in [0.05, 0.1) is 19.1 Å². The molecule has 0 bridgehead atoms. The van der Waals surface area contributed by atoms with Crippen molar-refractivity contribution in [3.8, 4) is 0 Å². The molecular formula is C24H29NO5. The molecule has 0 aliphatic heterocycles. The van der Waals surface area contributed by atoms with E-state index in [4.69, 9.17) is 9.47 Å². The van der Waals surface area contributed by atoms with E-state index in [1.54, 1.807) is 19.2 Å². The van der Waals surface area contributed by atoms with Crippen LogP contribution in [-0.2, 0) is 25.7 Å². The third kappa shape index (κ3) is 7.87. The summed E-state index contributed by atoms with van der Waals surface area (Å²) >= 11 is 0. The lowest BCUT2D eigenvalue weighted by molar-refractivity contribution is -0.143. The number of rotatable bonds is 13. The summed E-state index contributed by atoms with van der Waals surface area (Å²) in [6, 6.07) is 11.3. The Balaban J connectivity index is 1.97. The van der Waals surface area contributed by atoms with Gasteiger partial charge in [0.25, 0.3) is 0 Å². The highest BCUT2D eigenvalue weighted by atomic mass is 16.5. The van der Waals surface area contributed by atoms with Crippen LogP contribution in [0.5, 0.6) is 0 Å². The molecule has 2 aromatic rings. The van der Waals surface area contributed by atoms with Crippen LogP contribution >= 0.6 is 0 Å². The molecule has 0 aliphatic rings. The van der Waals surface area contributed by atoms with Gasteiger partial charge in [0.1, 0.15) is 6.61 Å². The Morgan fingerprint density at radius 3 is 2.53 bits per heavy atom.